The summed E-state index contributed by atoms with van der Waals surface area (Å²) in [4.78, 5) is 15.8. The van der Waals surface area contributed by atoms with Crippen molar-refractivity contribution in [3.63, 3.8) is 0 Å². The molecular weight excluding hydrogens is 364 g/mol. The molecule has 0 saturated heterocycles. The van der Waals surface area contributed by atoms with Crippen molar-refractivity contribution in [3.05, 3.63) is 57.6 Å². The van der Waals surface area contributed by atoms with Gasteiger partial charge in [-0.2, -0.15) is 0 Å². The number of carbonyl (C=O) groups is 1. The minimum Gasteiger partial charge on any atom is -0.305 e. The van der Waals surface area contributed by atoms with E-state index < -0.39 is 0 Å². The Labute approximate surface area is 153 Å². The predicted octanol–water partition coefficient (Wildman–Crippen LogP) is 4.44. The summed E-state index contributed by atoms with van der Waals surface area (Å²) in [6.45, 7) is 3.35. The maximum absolute atomic E-state index is 11.5. The van der Waals surface area contributed by atoms with E-state index in [9.17, 15) is 4.79 Å². The van der Waals surface area contributed by atoms with Gasteiger partial charge < -0.3 is 9.80 Å². The Morgan fingerprint density at radius 2 is 1.33 bits per heavy atom. The highest BCUT2D eigenvalue weighted by atomic mass is 79.9. The van der Waals surface area contributed by atoms with Gasteiger partial charge >= 0.3 is 0 Å². The van der Waals surface area contributed by atoms with Gasteiger partial charge in [-0.15, -0.1) is 0 Å². The molecule has 0 atom stereocenters. The van der Waals surface area contributed by atoms with Crippen LogP contribution in [0.15, 0.2) is 40.9 Å². The summed E-state index contributed by atoms with van der Waals surface area (Å²) in [6, 6.07) is 12.3. The third-order valence-corrected chi connectivity index (χ3v) is 4.84. The number of nitrogens with zero attached hydrogens (tertiary/aromatic N) is 2. The average molecular weight is 389 g/mol. The number of benzene rings is 2. The molecule has 0 spiro atoms. The van der Waals surface area contributed by atoms with Crippen molar-refractivity contribution in [2.75, 3.05) is 28.2 Å². The molecule has 0 aliphatic heterocycles. The average Bonchev–Trinajstić information content (AvgIpc) is 2.50. The molecule has 0 aliphatic rings. The fraction of sp³-hybridized carbons (Fsp3) is 0.350. The lowest BCUT2D eigenvalue weighted by Crippen LogP contribution is -2.14. The van der Waals surface area contributed by atoms with Crippen molar-refractivity contribution >= 4 is 21.7 Å². The standard InChI is InChI=1S/C20H25BrN2O/c1-14(24)15-6-8-16(9-7-15)17-10-18(12-22(2)3)20(21)19(11-17)13-23(4)5/h6-11H,12-13H2,1-5H3. The Balaban J connectivity index is 2.49. The van der Waals surface area contributed by atoms with Crippen molar-refractivity contribution in [3.8, 4) is 11.1 Å². The van der Waals surface area contributed by atoms with E-state index in [1.807, 2.05) is 24.3 Å². The number of hydrogen-bond acceptors (Lipinski definition) is 3. The first-order chi connectivity index (χ1) is 11.3. The van der Waals surface area contributed by atoms with Gasteiger partial charge in [0.1, 0.15) is 0 Å². The van der Waals surface area contributed by atoms with E-state index in [-0.39, 0.29) is 5.78 Å². The highest BCUT2D eigenvalue weighted by Crippen LogP contribution is 2.31. The lowest BCUT2D eigenvalue weighted by atomic mass is 9.98. The van der Waals surface area contributed by atoms with Crippen LogP contribution in [0.1, 0.15) is 28.4 Å². The molecule has 128 valence electrons. The van der Waals surface area contributed by atoms with Gasteiger partial charge in [0.2, 0.25) is 0 Å². The Kier molecular flexibility index (Phi) is 6.33. The van der Waals surface area contributed by atoms with Crippen molar-refractivity contribution in [1.29, 1.82) is 0 Å². The molecule has 2 aromatic rings. The van der Waals surface area contributed by atoms with Crippen LogP contribution in [0.5, 0.6) is 0 Å². The zero-order chi connectivity index (χ0) is 17.9. The number of ketones is 1. The smallest absolute Gasteiger partial charge is 0.159 e. The summed E-state index contributed by atoms with van der Waals surface area (Å²) in [5, 5.41) is 0. The molecule has 24 heavy (non-hydrogen) atoms. The van der Waals surface area contributed by atoms with E-state index in [0.29, 0.717) is 0 Å². The predicted molar refractivity (Wildman–Crippen MR) is 104 cm³/mol. The number of carbonyl (C=O) groups excluding carboxylic acids is 1. The van der Waals surface area contributed by atoms with Crippen molar-refractivity contribution in [2.24, 2.45) is 0 Å². The number of rotatable bonds is 6. The highest BCUT2D eigenvalue weighted by molar-refractivity contribution is 9.10. The SMILES string of the molecule is CC(=O)c1ccc(-c2cc(CN(C)C)c(Br)c(CN(C)C)c2)cc1. The minimum atomic E-state index is 0.0962. The molecule has 2 aromatic carbocycles. The summed E-state index contributed by atoms with van der Waals surface area (Å²) in [5.41, 5.74) is 5.60. The third kappa shape index (κ3) is 4.76. The van der Waals surface area contributed by atoms with Gasteiger partial charge in [0.15, 0.2) is 5.78 Å². The second-order valence-corrected chi connectivity index (χ2v) is 7.51. The zero-order valence-corrected chi connectivity index (χ0v) is 16.6. The maximum atomic E-state index is 11.5. The maximum Gasteiger partial charge on any atom is 0.159 e. The van der Waals surface area contributed by atoms with Crippen LogP contribution in [0, 0.1) is 0 Å². The molecule has 3 nitrogen and oxygen atoms in total. The lowest BCUT2D eigenvalue weighted by Gasteiger charge is -2.19. The molecule has 0 N–H and O–H groups in total. The minimum absolute atomic E-state index is 0.0962. The van der Waals surface area contributed by atoms with Gasteiger partial charge in [0, 0.05) is 23.1 Å². The topological polar surface area (TPSA) is 23.6 Å². The first-order valence-corrected chi connectivity index (χ1v) is 8.79. The molecule has 0 fully saturated rings. The van der Waals surface area contributed by atoms with Gasteiger partial charge in [-0.05, 0) is 69.5 Å². The highest BCUT2D eigenvalue weighted by Gasteiger charge is 2.12. The molecule has 0 unspecified atom stereocenters. The van der Waals surface area contributed by atoms with Crippen molar-refractivity contribution in [2.45, 2.75) is 20.0 Å². The third-order valence-electron chi connectivity index (χ3n) is 3.82. The van der Waals surface area contributed by atoms with Gasteiger partial charge in [-0.25, -0.2) is 0 Å². The summed E-state index contributed by atoms with van der Waals surface area (Å²) < 4.78 is 1.18. The number of halogens is 1. The summed E-state index contributed by atoms with van der Waals surface area (Å²) >= 11 is 3.78. The van der Waals surface area contributed by atoms with Crippen LogP contribution >= 0.6 is 15.9 Å². The summed E-state index contributed by atoms with van der Waals surface area (Å²) in [5.74, 6) is 0.0962. The molecule has 0 aliphatic carbocycles. The van der Waals surface area contributed by atoms with Crippen LogP contribution < -0.4 is 0 Å². The van der Waals surface area contributed by atoms with Crippen molar-refractivity contribution in [1.82, 2.24) is 9.80 Å². The van der Waals surface area contributed by atoms with Crippen LogP contribution in [0.3, 0.4) is 0 Å². The van der Waals surface area contributed by atoms with Gasteiger partial charge in [0.25, 0.3) is 0 Å². The van der Waals surface area contributed by atoms with Gasteiger partial charge in [-0.1, -0.05) is 40.2 Å². The van der Waals surface area contributed by atoms with Gasteiger partial charge in [0.05, 0.1) is 0 Å². The molecule has 0 saturated carbocycles. The molecule has 0 heterocycles. The van der Waals surface area contributed by atoms with Crippen LogP contribution in [0.2, 0.25) is 0 Å². The van der Waals surface area contributed by atoms with Gasteiger partial charge in [-0.3, -0.25) is 4.79 Å². The molecule has 0 aromatic heterocycles. The Morgan fingerprint density at radius 3 is 1.71 bits per heavy atom. The fourth-order valence-corrected chi connectivity index (χ4v) is 3.21. The molecule has 0 amide bonds. The van der Waals surface area contributed by atoms with Crippen LogP contribution in [0.4, 0.5) is 0 Å². The number of hydrogen-bond donors (Lipinski definition) is 0. The molecular formula is C20H25BrN2O. The monoisotopic (exact) mass is 388 g/mol. The quantitative estimate of drug-likeness (QED) is 0.683. The Hall–Kier alpha value is -1.49. The molecule has 0 radical (unpaired) electrons. The zero-order valence-electron chi connectivity index (χ0n) is 15.1. The molecule has 4 heteroatoms. The summed E-state index contributed by atoms with van der Waals surface area (Å²) in [7, 11) is 8.30. The van der Waals surface area contributed by atoms with E-state index in [1.54, 1.807) is 6.92 Å². The van der Waals surface area contributed by atoms with E-state index >= 15 is 0 Å². The fourth-order valence-electron chi connectivity index (χ4n) is 2.73. The Bertz CT molecular complexity index is 690. The first-order valence-electron chi connectivity index (χ1n) is 8.00. The lowest BCUT2D eigenvalue weighted by molar-refractivity contribution is 0.101. The van der Waals surface area contributed by atoms with E-state index in [0.717, 1.165) is 24.2 Å². The Morgan fingerprint density at radius 1 is 0.875 bits per heavy atom. The summed E-state index contributed by atoms with van der Waals surface area (Å²) in [6.07, 6.45) is 0. The van der Waals surface area contributed by atoms with Crippen molar-refractivity contribution < 1.29 is 4.79 Å². The second-order valence-electron chi connectivity index (χ2n) is 6.72. The van der Waals surface area contributed by atoms with E-state index in [2.05, 4.69) is 66.1 Å². The van der Waals surface area contributed by atoms with Crippen LogP contribution in [-0.4, -0.2) is 43.8 Å². The largest absolute Gasteiger partial charge is 0.305 e. The normalized spacial score (nSPS) is 11.3. The molecule has 2 rings (SSSR count). The second kappa shape index (κ2) is 8.06. The first kappa shape index (κ1) is 18.8. The molecule has 0 bridgehead atoms. The van der Waals surface area contributed by atoms with Crippen LogP contribution in [0.25, 0.3) is 11.1 Å². The van der Waals surface area contributed by atoms with E-state index in [4.69, 9.17) is 0 Å². The van der Waals surface area contributed by atoms with E-state index in [1.165, 1.54) is 21.2 Å². The number of Topliss-reactive ketones (excluding diaryl/α,β-unsaturated/α-hetero) is 1. The van der Waals surface area contributed by atoms with Crippen LogP contribution in [-0.2, 0) is 13.1 Å².